The lowest BCUT2D eigenvalue weighted by atomic mass is 10.0. The predicted octanol–water partition coefficient (Wildman–Crippen LogP) is -0.414. The van der Waals surface area contributed by atoms with E-state index in [2.05, 4.69) is 5.10 Å². The summed E-state index contributed by atoms with van der Waals surface area (Å²) in [5.74, 6) is 0. The second-order valence-electron chi connectivity index (χ2n) is 2.95. The minimum absolute atomic E-state index is 0.0932. The first-order valence-corrected chi connectivity index (χ1v) is 3.46. The van der Waals surface area contributed by atoms with Gasteiger partial charge in [0.05, 0.1) is 17.8 Å². The zero-order chi connectivity index (χ0) is 8.48. The normalized spacial score (nSPS) is 16.4. The Morgan fingerprint density at radius 2 is 2.45 bits per heavy atom. The lowest BCUT2D eigenvalue weighted by Crippen LogP contribution is -2.37. The van der Waals surface area contributed by atoms with E-state index in [1.165, 1.54) is 0 Å². The zero-order valence-electron chi connectivity index (χ0n) is 6.78. The molecule has 0 aliphatic carbocycles. The molecule has 3 N–H and O–H groups in total. The van der Waals surface area contributed by atoms with Gasteiger partial charge in [0.15, 0.2) is 0 Å². The molecule has 1 aromatic rings. The summed E-state index contributed by atoms with van der Waals surface area (Å²) in [7, 11) is 1.82. The van der Waals surface area contributed by atoms with Crippen molar-refractivity contribution in [2.24, 2.45) is 12.8 Å². The van der Waals surface area contributed by atoms with Crippen molar-refractivity contribution in [3.63, 3.8) is 0 Å². The molecule has 0 amide bonds. The lowest BCUT2D eigenvalue weighted by molar-refractivity contribution is 0.206. The van der Waals surface area contributed by atoms with Crippen LogP contribution in [-0.4, -0.2) is 21.5 Å². The molecule has 0 aliphatic heterocycles. The summed E-state index contributed by atoms with van der Waals surface area (Å²) >= 11 is 0. The van der Waals surface area contributed by atoms with E-state index in [4.69, 9.17) is 10.8 Å². The molecule has 4 nitrogen and oxygen atoms in total. The smallest absolute Gasteiger partial charge is 0.0843 e. The maximum absolute atomic E-state index is 8.88. The third-order valence-corrected chi connectivity index (χ3v) is 1.63. The molecule has 1 heterocycles. The topological polar surface area (TPSA) is 64.1 Å². The zero-order valence-corrected chi connectivity index (χ0v) is 6.78. The summed E-state index contributed by atoms with van der Waals surface area (Å²) in [6.45, 7) is 1.65. The van der Waals surface area contributed by atoms with Crippen LogP contribution >= 0.6 is 0 Å². The largest absolute Gasteiger partial charge is 0.394 e. The van der Waals surface area contributed by atoms with Gasteiger partial charge in [-0.15, -0.1) is 0 Å². The molecule has 62 valence electrons. The Morgan fingerprint density at radius 3 is 2.82 bits per heavy atom. The number of nitrogens with zero attached hydrogens (tertiary/aromatic N) is 2. The van der Waals surface area contributed by atoms with Gasteiger partial charge in [-0.2, -0.15) is 5.10 Å². The SMILES string of the molecule is Cn1ccc([C@](C)(N)CO)n1. The molecule has 0 fully saturated rings. The molecule has 1 rings (SSSR count). The van der Waals surface area contributed by atoms with E-state index in [0.29, 0.717) is 5.69 Å². The molecule has 0 unspecified atom stereocenters. The quantitative estimate of drug-likeness (QED) is 0.610. The molecular formula is C7H13N3O. The molecule has 0 saturated heterocycles. The fourth-order valence-electron chi connectivity index (χ4n) is 0.801. The van der Waals surface area contributed by atoms with Crippen molar-refractivity contribution in [2.45, 2.75) is 12.5 Å². The molecule has 4 heteroatoms. The van der Waals surface area contributed by atoms with Gasteiger partial charge in [-0.3, -0.25) is 4.68 Å². The van der Waals surface area contributed by atoms with Crippen LogP contribution in [0.5, 0.6) is 0 Å². The van der Waals surface area contributed by atoms with E-state index >= 15 is 0 Å². The average Bonchev–Trinajstić information content (AvgIpc) is 2.36. The van der Waals surface area contributed by atoms with Crippen molar-refractivity contribution in [3.05, 3.63) is 18.0 Å². The van der Waals surface area contributed by atoms with Crippen LogP contribution in [0, 0.1) is 0 Å². The Morgan fingerprint density at radius 1 is 1.82 bits per heavy atom. The number of aliphatic hydroxyl groups is 1. The van der Waals surface area contributed by atoms with E-state index in [-0.39, 0.29) is 6.61 Å². The van der Waals surface area contributed by atoms with Crippen molar-refractivity contribution in [1.29, 1.82) is 0 Å². The van der Waals surface area contributed by atoms with Gasteiger partial charge in [0.25, 0.3) is 0 Å². The Bertz CT molecular complexity index is 242. The number of hydrogen-bond donors (Lipinski definition) is 2. The van der Waals surface area contributed by atoms with Crippen molar-refractivity contribution in [1.82, 2.24) is 9.78 Å². The number of nitrogens with two attached hydrogens (primary N) is 1. The third kappa shape index (κ3) is 1.58. The molecule has 1 atom stereocenters. The van der Waals surface area contributed by atoms with Gasteiger partial charge < -0.3 is 10.8 Å². The molecule has 0 radical (unpaired) electrons. The summed E-state index contributed by atoms with van der Waals surface area (Å²) in [6.07, 6.45) is 1.80. The van der Waals surface area contributed by atoms with Crippen LogP contribution in [0.2, 0.25) is 0 Å². The highest BCUT2D eigenvalue weighted by Gasteiger charge is 2.22. The van der Waals surface area contributed by atoms with Gasteiger partial charge in [0.2, 0.25) is 0 Å². The first-order valence-electron chi connectivity index (χ1n) is 3.46. The molecule has 0 spiro atoms. The minimum atomic E-state index is -0.721. The highest BCUT2D eigenvalue weighted by Crippen LogP contribution is 2.13. The summed E-state index contributed by atoms with van der Waals surface area (Å²) in [6, 6.07) is 1.80. The van der Waals surface area contributed by atoms with E-state index in [0.717, 1.165) is 0 Å². The second kappa shape index (κ2) is 2.64. The second-order valence-corrected chi connectivity index (χ2v) is 2.95. The molecule has 1 aromatic heterocycles. The van der Waals surface area contributed by atoms with Crippen LogP contribution in [0.3, 0.4) is 0 Å². The monoisotopic (exact) mass is 155 g/mol. The number of rotatable bonds is 2. The van der Waals surface area contributed by atoms with E-state index in [9.17, 15) is 0 Å². The van der Waals surface area contributed by atoms with Crippen molar-refractivity contribution in [3.8, 4) is 0 Å². The molecule has 11 heavy (non-hydrogen) atoms. The maximum atomic E-state index is 8.88. The highest BCUT2D eigenvalue weighted by molar-refractivity contribution is 5.11. The van der Waals surface area contributed by atoms with Gasteiger partial charge in [-0.25, -0.2) is 0 Å². The fourth-order valence-corrected chi connectivity index (χ4v) is 0.801. The summed E-state index contributed by atoms with van der Waals surface area (Å²) in [4.78, 5) is 0. The number of hydrogen-bond acceptors (Lipinski definition) is 3. The Balaban J connectivity index is 2.92. The van der Waals surface area contributed by atoms with Gasteiger partial charge in [-0.1, -0.05) is 0 Å². The van der Waals surface area contributed by atoms with Crippen LogP contribution in [-0.2, 0) is 12.6 Å². The van der Waals surface area contributed by atoms with Crippen molar-refractivity contribution in [2.75, 3.05) is 6.61 Å². The van der Waals surface area contributed by atoms with Crippen LogP contribution in [0.25, 0.3) is 0 Å². The van der Waals surface area contributed by atoms with Crippen molar-refractivity contribution < 1.29 is 5.11 Å². The molecule has 0 aliphatic rings. The number of aromatic nitrogens is 2. The Kier molecular flexibility index (Phi) is 1.97. The van der Waals surface area contributed by atoms with E-state index in [1.807, 2.05) is 7.05 Å². The summed E-state index contributed by atoms with van der Waals surface area (Å²) < 4.78 is 1.66. The maximum Gasteiger partial charge on any atom is 0.0843 e. The first-order chi connectivity index (χ1) is 5.06. The van der Waals surface area contributed by atoms with Crippen LogP contribution < -0.4 is 5.73 Å². The highest BCUT2D eigenvalue weighted by atomic mass is 16.3. The van der Waals surface area contributed by atoms with E-state index in [1.54, 1.807) is 23.9 Å². The predicted molar refractivity (Wildman–Crippen MR) is 41.8 cm³/mol. The van der Waals surface area contributed by atoms with Crippen molar-refractivity contribution >= 4 is 0 Å². The van der Waals surface area contributed by atoms with Gasteiger partial charge in [0.1, 0.15) is 0 Å². The van der Waals surface area contributed by atoms with Crippen LogP contribution in [0.15, 0.2) is 12.3 Å². The summed E-state index contributed by atoms with van der Waals surface area (Å²) in [5.41, 5.74) is 5.71. The Labute approximate surface area is 65.6 Å². The van der Waals surface area contributed by atoms with Gasteiger partial charge in [0, 0.05) is 13.2 Å². The number of aryl methyl sites for hydroxylation is 1. The minimum Gasteiger partial charge on any atom is -0.394 e. The number of aliphatic hydroxyl groups excluding tert-OH is 1. The fraction of sp³-hybridized carbons (Fsp3) is 0.571. The van der Waals surface area contributed by atoms with Crippen LogP contribution in [0.1, 0.15) is 12.6 Å². The average molecular weight is 155 g/mol. The molecule has 0 bridgehead atoms. The van der Waals surface area contributed by atoms with Crippen LogP contribution in [0.4, 0.5) is 0 Å². The third-order valence-electron chi connectivity index (χ3n) is 1.63. The first kappa shape index (κ1) is 8.23. The lowest BCUT2D eigenvalue weighted by Gasteiger charge is -2.18. The summed E-state index contributed by atoms with van der Waals surface area (Å²) in [5, 5.41) is 13.0. The molecule has 0 saturated carbocycles. The Hall–Kier alpha value is -0.870. The molecule has 0 aromatic carbocycles. The standard InChI is InChI=1S/C7H13N3O/c1-7(8,5-11)6-3-4-10(2)9-6/h3-4,11H,5,8H2,1-2H3/t7-/m1/s1. The molecular weight excluding hydrogens is 142 g/mol. The van der Waals surface area contributed by atoms with Gasteiger partial charge in [-0.05, 0) is 13.0 Å². The van der Waals surface area contributed by atoms with Gasteiger partial charge >= 0.3 is 0 Å². The van der Waals surface area contributed by atoms with E-state index < -0.39 is 5.54 Å².